The molecule has 0 saturated carbocycles. The number of aromatic nitrogens is 8. The van der Waals surface area contributed by atoms with Crippen molar-refractivity contribution in [1.82, 2.24) is 29.1 Å². The van der Waals surface area contributed by atoms with E-state index in [2.05, 4.69) is 103 Å². The van der Waals surface area contributed by atoms with E-state index in [0.29, 0.717) is 45.8 Å². The van der Waals surface area contributed by atoms with E-state index < -0.39 is 0 Å². The molecule has 0 radical (unpaired) electrons. The van der Waals surface area contributed by atoms with Gasteiger partial charge in [-0.1, -0.05) is 85.2 Å². The van der Waals surface area contributed by atoms with Crippen molar-refractivity contribution in [2.45, 2.75) is 0 Å². The molecular weight excluding hydrogens is 1160 g/mol. The molecule has 0 amide bonds. The van der Waals surface area contributed by atoms with Gasteiger partial charge in [0.25, 0.3) is 12.7 Å². The Labute approximate surface area is 399 Å². The van der Waals surface area contributed by atoms with E-state index in [4.69, 9.17) is 9.47 Å². The van der Waals surface area contributed by atoms with Crippen molar-refractivity contribution in [2.75, 3.05) is 38.0 Å². The molecule has 4 aromatic carbocycles. The number of fused-ring (bicyclic) bond motifs is 2. The number of anilines is 2. The molecule has 0 spiro atoms. The number of pyridine rings is 4. The van der Waals surface area contributed by atoms with Crippen LogP contribution in [0.1, 0.15) is 0 Å². The SMILES string of the molecule is CN(C)c1ccccc1-n1[c-][n+](-c2[c-]c(Oc3[c-]c(-c4[c-]c(Oc5[c-]c(-[n+]6[c-]n(-c7ccccc7N(C)C)c7ccccc76)cnc5)ccn4)ncc3)cnc2)c2ccccc21.[Pt].[Pt]. The fourth-order valence-corrected chi connectivity index (χ4v) is 7.30. The number of hydrogen-bond donors (Lipinski definition) is 0. The number of rotatable bonds is 11. The van der Waals surface area contributed by atoms with Crippen LogP contribution in [0.4, 0.5) is 11.4 Å². The van der Waals surface area contributed by atoms with Crippen LogP contribution in [-0.4, -0.2) is 57.3 Å². The monoisotopic (exact) mass is 1200 g/mol. The normalized spacial score (nSPS) is 10.9. The Kier molecular flexibility index (Phi) is 12.8. The zero-order valence-corrected chi connectivity index (χ0v) is 39.3. The van der Waals surface area contributed by atoms with Crippen LogP contribution >= 0.6 is 0 Å². The number of para-hydroxylation sites is 8. The molecule has 14 heteroatoms. The summed E-state index contributed by atoms with van der Waals surface area (Å²) >= 11 is 0. The average Bonchev–Trinajstić information content (AvgIpc) is 3.89. The summed E-state index contributed by atoms with van der Waals surface area (Å²) in [5.74, 6) is 1.57. The van der Waals surface area contributed by atoms with Gasteiger partial charge in [-0.25, -0.2) is 0 Å². The Morgan fingerprint density at radius 3 is 1.31 bits per heavy atom. The van der Waals surface area contributed by atoms with Gasteiger partial charge in [-0.2, -0.15) is 12.1 Å². The Balaban J connectivity index is 0.00000280. The van der Waals surface area contributed by atoms with Gasteiger partial charge in [0, 0.05) is 105 Å². The van der Waals surface area contributed by atoms with Crippen LogP contribution in [0.25, 0.3) is 56.2 Å². The summed E-state index contributed by atoms with van der Waals surface area (Å²) in [4.78, 5) is 22.2. The van der Waals surface area contributed by atoms with Gasteiger partial charge in [-0.3, -0.25) is 9.13 Å². The summed E-state index contributed by atoms with van der Waals surface area (Å²) in [6.07, 6.45) is 17.0. The van der Waals surface area contributed by atoms with Gasteiger partial charge in [0.2, 0.25) is 0 Å². The summed E-state index contributed by atoms with van der Waals surface area (Å²) in [5, 5.41) is 0. The molecule has 0 fully saturated rings. The van der Waals surface area contributed by atoms with Gasteiger partial charge >= 0.3 is 0 Å². The minimum Gasteiger partial charge on any atom is -0.509 e. The maximum absolute atomic E-state index is 6.27. The number of nitrogens with zero attached hydrogens (tertiary/aromatic N) is 10. The third-order valence-corrected chi connectivity index (χ3v) is 10.1. The van der Waals surface area contributed by atoms with E-state index in [-0.39, 0.29) is 42.1 Å². The van der Waals surface area contributed by atoms with Crippen molar-refractivity contribution < 1.29 is 60.7 Å². The standard InChI is InChI=1S/C50H36N10O2.2Pt/c1-55(2)43-13-5-7-15-45(43)59-33-57(47-17-9-11-19-49(47)59)35-25-39(31-51-29-35)61-37-21-23-53-41(27-37)42-28-38(22-24-54-42)62-40-26-36(30-52-32-40)58-34-60(50-20-12-10-18-48(50)58)46-16-8-6-14-44(46)56(3)4;;/h5-24,29-32H,1-4H3;;/q-4;;. The molecule has 0 unspecified atom stereocenters. The Morgan fingerprint density at radius 2 is 0.875 bits per heavy atom. The fraction of sp³-hybridized carbons (Fsp3) is 0.0800. The number of benzene rings is 4. The van der Waals surface area contributed by atoms with Crippen LogP contribution in [0.5, 0.6) is 23.0 Å². The zero-order valence-electron chi connectivity index (χ0n) is 34.8. The maximum atomic E-state index is 6.27. The molecule has 6 heterocycles. The van der Waals surface area contributed by atoms with Crippen LogP contribution in [0.3, 0.4) is 0 Å². The largest absolute Gasteiger partial charge is 0.509 e. The van der Waals surface area contributed by atoms with Crippen LogP contribution in [0.15, 0.2) is 146 Å². The van der Waals surface area contributed by atoms with Crippen molar-refractivity contribution >= 4 is 33.4 Å². The molecule has 0 bridgehead atoms. The molecule has 0 N–H and O–H groups in total. The smallest absolute Gasteiger partial charge is 0.268 e. The van der Waals surface area contributed by atoms with Crippen molar-refractivity contribution in [3.05, 3.63) is 183 Å². The first-order valence-corrected chi connectivity index (χ1v) is 19.7. The van der Waals surface area contributed by atoms with Crippen LogP contribution < -0.4 is 28.4 Å². The first kappa shape index (κ1) is 43.6. The molecule has 10 aromatic rings. The average molecular weight is 1200 g/mol. The van der Waals surface area contributed by atoms with Gasteiger partial charge in [-0.15, -0.1) is 35.7 Å². The Bertz CT molecular complexity index is 3040. The fourth-order valence-electron chi connectivity index (χ4n) is 7.30. The van der Waals surface area contributed by atoms with E-state index in [1.165, 1.54) is 0 Å². The van der Waals surface area contributed by atoms with Crippen LogP contribution in [0, 0.1) is 36.9 Å². The summed E-state index contributed by atoms with van der Waals surface area (Å²) < 4.78 is 20.5. The van der Waals surface area contributed by atoms with Crippen LogP contribution in [0.2, 0.25) is 0 Å². The molecule has 0 aliphatic heterocycles. The zero-order chi connectivity index (χ0) is 42.2. The molecule has 0 atom stereocenters. The first-order chi connectivity index (χ1) is 30.4. The summed E-state index contributed by atoms with van der Waals surface area (Å²) in [6.45, 7) is 0. The quantitative estimate of drug-likeness (QED) is 0.0955. The predicted molar refractivity (Wildman–Crippen MR) is 234 cm³/mol. The Morgan fingerprint density at radius 1 is 0.469 bits per heavy atom. The predicted octanol–water partition coefficient (Wildman–Crippen LogP) is 7.89. The third-order valence-electron chi connectivity index (χ3n) is 10.1. The summed E-state index contributed by atoms with van der Waals surface area (Å²) in [6, 6.07) is 49.3. The second-order valence-corrected chi connectivity index (χ2v) is 14.6. The summed E-state index contributed by atoms with van der Waals surface area (Å²) in [5.41, 5.74) is 10.1. The van der Waals surface area contributed by atoms with Gasteiger partial charge in [0.15, 0.2) is 0 Å². The minimum absolute atomic E-state index is 0. The van der Waals surface area contributed by atoms with Crippen molar-refractivity contribution in [2.24, 2.45) is 0 Å². The maximum Gasteiger partial charge on any atom is 0.268 e. The molecule has 0 saturated heterocycles. The van der Waals surface area contributed by atoms with Crippen molar-refractivity contribution in [1.29, 1.82) is 0 Å². The topological polar surface area (TPSA) is 94.1 Å². The van der Waals surface area contributed by atoms with Crippen LogP contribution in [-0.2, 0) is 42.1 Å². The number of imidazole rings is 2. The number of ether oxygens (including phenoxy) is 2. The van der Waals surface area contributed by atoms with Gasteiger partial charge in [-0.05, 0) is 60.4 Å². The molecule has 0 aliphatic carbocycles. The molecule has 6 aromatic heterocycles. The van der Waals surface area contributed by atoms with Gasteiger partial charge in [0.05, 0.1) is 33.4 Å². The molecule has 322 valence electrons. The molecule has 12 nitrogen and oxygen atoms in total. The van der Waals surface area contributed by atoms with E-state index >= 15 is 0 Å². The first-order valence-electron chi connectivity index (χ1n) is 19.7. The second kappa shape index (κ2) is 18.8. The second-order valence-electron chi connectivity index (χ2n) is 14.6. The van der Waals surface area contributed by atoms with Crippen molar-refractivity contribution in [3.8, 4) is 57.1 Å². The van der Waals surface area contributed by atoms with E-state index in [1.54, 1.807) is 49.3 Å². The van der Waals surface area contributed by atoms with E-state index in [0.717, 1.165) is 44.8 Å². The summed E-state index contributed by atoms with van der Waals surface area (Å²) in [7, 11) is 8.11. The van der Waals surface area contributed by atoms with Gasteiger partial charge in [0.1, 0.15) is 0 Å². The van der Waals surface area contributed by atoms with Crippen molar-refractivity contribution in [3.63, 3.8) is 0 Å². The molecular formula is C50H36N10O2Pt2-4. The third kappa shape index (κ3) is 8.54. The van der Waals surface area contributed by atoms with E-state index in [9.17, 15) is 0 Å². The molecule has 64 heavy (non-hydrogen) atoms. The molecule has 10 rings (SSSR count). The minimum atomic E-state index is 0. The number of hydrogen-bond acceptors (Lipinski definition) is 8. The Hall–Kier alpha value is -7.00. The van der Waals surface area contributed by atoms with Gasteiger partial charge < -0.3 is 48.3 Å². The molecule has 0 aliphatic rings. The van der Waals surface area contributed by atoms with E-state index in [1.807, 2.05) is 107 Å².